The third-order valence-electron chi connectivity index (χ3n) is 4.11. The number of benzene rings is 1. The standard InChI is InChI=1S/C17H27N3O/c1-12(2)19-17(21)13-7-5-8-15(10-13)20-16-9-4-3-6-14(16)11-18/h5,7-8,10,12,14,16,20H,3-4,6,9,11,18H2,1-2H3,(H,19,21). The Bertz CT molecular complexity index is 473. The highest BCUT2D eigenvalue weighted by atomic mass is 16.1. The Morgan fingerprint density at radius 3 is 2.81 bits per heavy atom. The van der Waals surface area contributed by atoms with Gasteiger partial charge in [0.2, 0.25) is 0 Å². The van der Waals surface area contributed by atoms with Gasteiger partial charge in [0.15, 0.2) is 0 Å². The molecule has 1 amide bonds. The Hall–Kier alpha value is -1.55. The van der Waals surface area contributed by atoms with Crippen LogP contribution in [0.25, 0.3) is 0 Å². The van der Waals surface area contributed by atoms with Gasteiger partial charge in [0.1, 0.15) is 0 Å². The first kappa shape index (κ1) is 15.8. The maximum atomic E-state index is 12.1. The van der Waals surface area contributed by atoms with Crippen LogP contribution in [0.2, 0.25) is 0 Å². The number of anilines is 1. The van der Waals surface area contributed by atoms with Crippen molar-refractivity contribution in [1.29, 1.82) is 0 Å². The predicted molar refractivity (Wildman–Crippen MR) is 87.5 cm³/mol. The van der Waals surface area contributed by atoms with Gasteiger partial charge >= 0.3 is 0 Å². The van der Waals surface area contributed by atoms with Crippen molar-refractivity contribution in [3.63, 3.8) is 0 Å². The highest BCUT2D eigenvalue weighted by Crippen LogP contribution is 2.26. The van der Waals surface area contributed by atoms with E-state index in [1.807, 2.05) is 38.1 Å². The molecule has 2 unspecified atom stereocenters. The van der Waals surface area contributed by atoms with Gasteiger partial charge < -0.3 is 16.4 Å². The monoisotopic (exact) mass is 289 g/mol. The van der Waals surface area contributed by atoms with Crippen LogP contribution in [-0.2, 0) is 0 Å². The molecule has 1 fully saturated rings. The molecule has 0 bridgehead atoms. The number of carbonyl (C=O) groups is 1. The molecule has 2 atom stereocenters. The lowest BCUT2D eigenvalue weighted by molar-refractivity contribution is 0.0943. The number of nitrogens with two attached hydrogens (primary N) is 1. The lowest BCUT2D eigenvalue weighted by atomic mass is 9.84. The zero-order valence-electron chi connectivity index (χ0n) is 13.1. The van der Waals surface area contributed by atoms with Crippen LogP contribution in [-0.4, -0.2) is 24.5 Å². The molecule has 0 radical (unpaired) electrons. The van der Waals surface area contributed by atoms with Crippen molar-refractivity contribution in [2.45, 2.75) is 51.6 Å². The molecule has 1 aliphatic carbocycles. The summed E-state index contributed by atoms with van der Waals surface area (Å²) in [5.41, 5.74) is 7.59. The van der Waals surface area contributed by atoms with Crippen LogP contribution in [0.1, 0.15) is 49.9 Å². The number of rotatable bonds is 5. The molecule has 1 saturated carbocycles. The molecule has 116 valence electrons. The second-order valence-electron chi connectivity index (χ2n) is 6.24. The SMILES string of the molecule is CC(C)NC(=O)c1cccc(NC2CCCCC2CN)c1. The van der Waals surface area contributed by atoms with Crippen LogP contribution in [0, 0.1) is 5.92 Å². The number of hydrogen-bond donors (Lipinski definition) is 3. The van der Waals surface area contributed by atoms with E-state index in [1.165, 1.54) is 19.3 Å². The summed E-state index contributed by atoms with van der Waals surface area (Å²) in [5.74, 6) is 0.513. The first-order chi connectivity index (χ1) is 10.1. The predicted octanol–water partition coefficient (Wildman–Crippen LogP) is 2.75. The van der Waals surface area contributed by atoms with Gasteiger partial charge in [-0.2, -0.15) is 0 Å². The summed E-state index contributed by atoms with van der Waals surface area (Å²) in [7, 11) is 0. The summed E-state index contributed by atoms with van der Waals surface area (Å²) < 4.78 is 0. The minimum absolute atomic E-state index is 0.0207. The second-order valence-corrected chi connectivity index (χ2v) is 6.24. The molecule has 2 rings (SSSR count). The van der Waals surface area contributed by atoms with E-state index < -0.39 is 0 Å². The van der Waals surface area contributed by atoms with E-state index in [2.05, 4.69) is 10.6 Å². The fourth-order valence-electron chi connectivity index (χ4n) is 2.99. The smallest absolute Gasteiger partial charge is 0.251 e. The van der Waals surface area contributed by atoms with Crippen molar-refractivity contribution in [2.75, 3.05) is 11.9 Å². The van der Waals surface area contributed by atoms with Crippen LogP contribution in [0.5, 0.6) is 0 Å². The van der Waals surface area contributed by atoms with E-state index in [9.17, 15) is 4.79 Å². The fourth-order valence-corrected chi connectivity index (χ4v) is 2.99. The Morgan fingerprint density at radius 1 is 1.33 bits per heavy atom. The minimum Gasteiger partial charge on any atom is -0.382 e. The molecule has 0 heterocycles. The fraction of sp³-hybridized carbons (Fsp3) is 0.588. The van der Waals surface area contributed by atoms with Crippen LogP contribution < -0.4 is 16.4 Å². The average Bonchev–Trinajstić information content (AvgIpc) is 2.47. The van der Waals surface area contributed by atoms with E-state index in [4.69, 9.17) is 5.73 Å². The zero-order valence-corrected chi connectivity index (χ0v) is 13.1. The van der Waals surface area contributed by atoms with Gasteiger partial charge in [-0.15, -0.1) is 0 Å². The van der Waals surface area contributed by atoms with Crippen LogP contribution in [0.15, 0.2) is 24.3 Å². The van der Waals surface area contributed by atoms with Gasteiger partial charge in [0.05, 0.1) is 0 Å². The van der Waals surface area contributed by atoms with Gasteiger partial charge in [-0.25, -0.2) is 0 Å². The van der Waals surface area contributed by atoms with Crippen LogP contribution in [0.3, 0.4) is 0 Å². The molecule has 0 spiro atoms. The number of amides is 1. The summed E-state index contributed by atoms with van der Waals surface area (Å²) in [6, 6.07) is 8.30. The average molecular weight is 289 g/mol. The molecule has 21 heavy (non-hydrogen) atoms. The van der Waals surface area contributed by atoms with Gasteiger partial charge in [0, 0.05) is 23.3 Å². The van der Waals surface area contributed by atoms with E-state index >= 15 is 0 Å². The van der Waals surface area contributed by atoms with Gasteiger partial charge in [-0.05, 0) is 57.4 Å². The van der Waals surface area contributed by atoms with E-state index in [1.54, 1.807) is 0 Å². The molecule has 0 saturated heterocycles. The largest absolute Gasteiger partial charge is 0.382 e. The maximum absolute atomic E-state index is 12.1. The van der Waals surface area contributed by atoms with Crippen molar-refractivity contribution in [1.82, 2.24) is 5.32 Å². The first-order valence-electron chi connectivity index (χ1n) is 7.97. The Kier molecular flexibility index (Phi) is 5.62. The molecule has 4 N–H and O–H groups in total. The Morgan fingerprint density at radius 2 is 2.10 bits per heavy atom. The normalized spacial score (nSPS) is 22.1. The Labute approximate surface area is 127 Å². The van der Waals surface area contributed by atoms with Gasteiger partial charge in [-0.3, -0.25) is 4.79 Å². The summed E-state index contributed by atoms with van der Waals surface area (Å²) in [4.78, 5) is 12.1. The molecular formula is C17H27N3O. The molecule has 4 heteroatoms. The maximum Gasteiger partial charge on any atom is 0.251 e. The number of nitrogens with one attached hydrogen (secondary N) is 2. The van der Waals surface area contributed by atoms with Crippen molar-refractivity contribution >= 4 is 11.6 Å². The molecule has 1 aliphatic rings. The lowest BCUT2D eigenvalue weighted by Crippen LogP contribution is -2.36. The van der Waals surface area contributed by atoms with E-state index in [0.29, 0.717) is 17.5 Å². The van der Waals surface area contributed by atoms with Gasteiger partial charge in [-0.1, -0.05) is 18.9 Å². The van der Waals surface area contributed by atoms with Crippen molar-refractivity contribution in [3.8, 4) is 0 Å². The number of carbonyl (C=O) groups excluding carboxylic acids is 1. The number of hydrogen-bond acceptors (Lipinski definition) is 3. The van der Waals surface area contributed by atoms with Crippen molar-refractivity contribution in [2.24, 2.45) is 11.7 Å². The van der Waals surface area contributed by atoms with E-state index in [-0.39, 0.29) is 11.9 Å². The molecule has 1 aromatic rings. The minimum atomic E-state index is -0.0207. The van der Waals surface area contributed by atoms with Crippen molar-refractivity contribution in [3.05, 3.63) is 29.8 Å². The summed E-state index contributed by atoms with van der Waals surface area (Å²) in [5, 5.41) is 6.49. The van der Waals surface area contributed by atoms with Gasteiger partial charge in [0.25, 0.3) is 5.91 Å². The molecule has 4 nitrogen and oxygen atoms in total. The summed E-state index contributed by atoms with van der Waals surface area (Å²) >= 11 is 0. The third-order valence-corrected chi connectivity index (χ3v) is 4.11. The quantitative estimate of drug-likeness (QED) is 0.781. The highest BCUT2D eigenvalue weighted by molar-refractivity contribution is 5.95. The second kappa shape index (κ2) is 7.46. The zero-order chi connectivity index (χ0) is 15.2. The van der Waals surface area contributed by atoms with Crippen LogP contribution in [0.4, 0.5) is 5.69 Å². The van der Waals surface area contributed by atoms with Crippen LogP contribution >= 0.6 is 0 Å². The topological polar surface area (TPSA) is 67.2 Å². The first-order valence-corrected chi connectivity index (χ1v) is 7.97. The third kappa shape index (κ3) is 4.46. The lowest BCUT2D eigenvalue weighted by Gasteiger charge is -2.32. The Balaban J connectivity index is 2.05. The summed E-state index contributed by atoms with van der Waals surface area (Å²) in [6.07, 6.45) is 4.88. The van der Waals surface area contributed by atoms with E-state index in [0.717, 1.165) is 18.7 Å². The van der Waals surface area contributed by atoms with Crippen molar-refractivity contribution < 1.29 is 4.79 Å². The molecule has 0 aromatic heterocycles. The molecular weight excluding hydrogens is 262 g/mol. The molecule has 0 aliphatic heterocycles. The summed E-state index contributed by atoms with van der Waals surface area (Å²) in [6.45, 7) is 4.66. The highest BCUT2D eigenvalue weighted by Gasteiger charge is 2.23. The molecule has 1 aromatic carbocycles.